The zero-order valence-electron chi connectivity index (χ0n) is 11.3. The summed E-state index contributed by atoms with van der Waals surface area (Å²) in [5.74, 6) is -4.52. The molecule has 114 valence electrons. The van der Waals surface area contributed by atoms with Crippen LogP contribution in [-0.4, -0.2) is 52.3 Å². The standard InChI is InChI=1S/C12H20N2O6/c1-2-3-4-14-8(12(19)20)6-10(16)9(15)5-7(13)11(17)18/h7-8,14H,2-6,13H2,1H3,(H,17,18)(H,19,20). The number of unbranched alkanes of at least 4 members (excludes halogenated alkanes) is 1. The molecule has 0 spiro atoms. The van der Waals surface area contributed by atoms with Crippen LogP contribution in [0, 0.1) is 0 Å². The summed E-state index contributed by atoms with van der Waals surface area (Å²) < 4.78 is 0. The lowest BCUT2D eigenvalue weighted by Crippen LogP contribution is -2.41. The van der Waals surface area contributed by atoms with Gasteiger partial charge >= 0.3 is 11.9 Å². The molecule has 0 heterocycles. The van der Waals surface area contributed by atoms with E-state index in [1.165, 1.54) is 0 Å². The zero-order valence-corrected chi connectivity index (χ0v) is 11.3. The molecule has 0 saturated carbocycles. The van der Waals surface area contributed by atoms with Crippen molar-refractivity contribution in [1.82, 2.24) is 5.32 Å². The highest BCUT2D eigenvalue weighted by Gasteiger charge is 2.26. The second-order valence-corrected chi connectivity index (χ2v) is 4.40. The first-order valence-electron chi connectivity index (χ1n) is 6.30. The van der Waals surface area contributed by atoms with Crippen LogP contribution in [0.2, 0.25) is 0 Å². The van der Waals surface area contributed by atoms with Gasteiger partial charge in [0.25, 0.3) is 0 Å². The predicted molar refractivity (Wildman–Crippen MR) is 69.2 cm³/mol. The Kier molecular flexibility index (Phi) is 8.33. The molecule has 0 bridgehead atoms. The summed E-state index contributed by atoms with van der Waals surface area (Å²) in [6.45, 7) is 2.35. The molecule has 0 aromatic rings. The number of carboxylic acid groups (broad SMARTS) is 2. The number of rotatable bonds is 11. The van der Waals surface area contributed by atoms with Crippen molar-refractivity contribution in [2.24, 2.45) is 5.73 Å². The van der Waals surface area contributed by atoms with Gasteiger partial charge < -0.3 is 21.3 Å². The molecule has 8 nitrogen and oxygen atoms in total. The smallest absolute Gasteiger partial charge is 0.321 e. The van der Waals surface area contributed by atoms with E-state index < -0.39 is 48.4 Å². The van der Waals surface area contributed by atoms with Crippen molar-refractivity contribution in [3.63, 3.8) is 0 Å². The average Bonchev–Trinajstić information content (AvgIpc) is 2.36. The average molecular weight is 288 g/mol. The SMILES string of the molecule is CCCCNC(CC(=O)C(=O)CC(N)C(=O)O)C(=O)O. The maximum atomic E-state index is 11.5. The van der Waals surface area contributed by atoms with E-state index in [9.17, 15) is 19.2 Å². The minimum atomic E-state index is -1.46. The number of carboxylic acids is 2. The molecule has 8 heteroatoms. The second kappa shape index (κ2) is 9.16. The first-order valence-corrected chi connectivity index (χ1v) is 6.30. The Morgan fingerprint density at radius 1 is 1.05 bits per heavy atom. The molecule has 0 saturated heterocycles. The number of nitrogens with two attached hydrogens (primary N) is 1. The fourth-order valence-electron chi connectivity index (χ4n) is 1.40. The Labute approximate surface area is 116 Å². The van der Waals surface area contributed by atoms with Gasteiger partial charge in [0.05, 0.1) is 0 Å². The molecule has 2 atom stereocenters. The topological polar surface area (TPSA) is 147 Å². The van der Waals surface area contributed by atoms with Crippen LogP contribution < -0.4 is 11.1 Å². The van der Waals surface area contributed by atoms with E-state index >= 15 is 0 Å². The number of ketones is 2. The van der Waals surface area contributed by atoms with E-state index in [0.29, 0.717) is 6.54 Å². The maximum absolute atomic E-state index is 11.5. The van der Waals surface area contributed by atoms with Gasteiger partial charge in [-0.15, -0.1) is 0 Å². The number of hydrogen-bond donors (Lipinski definition) is 4. The van der Waals surface area contributed by atoms with Crippen LogP contribution >= 0.6 is 0 Å². The van der Waals surface area contributed by atoms with E-state index in [1.54, 1.807) is 0 Å². The van der Waals surface area contributed by atoms with Crippen molar-refractivity contribution in [2.45, 2.75) is 44.7 Å². The number of aliphatic carboxylic acids is 2. The zero-order chi connectivity index (χ0) is 15.7. The Morgan fingerprint density at radius 3 is 2.05 bits per heavy atom. The highest BCUT2D eigenvalue weighted by molar-refractivity contribution is 6.38. The first-order chi connectivity index (χ1) is 9.29. The second-order valence-electron chi connectivity index (χ2n) is 4.40. The van der Waals surface area contributed by atoms with E-state index in [0.717, 1.165) is 12.8 Å². The number of hydrogen-bond acceptors (Lipinski definition) is 6. The van der Waals surface area contributed by atoms with Crippen LogP contribution in [0.1, 0.15) is 32.6 Å². The van der Waals surface area contributed by atoms with Gasteiger partial charge in [0.1, 0.15) is 12.1 Å². The Balaban J connectivity index is 4.41. The van der Waals surface area contributed by atoms with E-state index in [1.807, 2.05) is 6.92 Å². The molecule has 0 radical (unpaired) electrons. The van der Waals surface area contributed by atoms with E-state index in [2.05, 4.69) is 5.32 Å². The van der Waals surface area contributed by atoms with E-state index in [-0.39, 0.29) is 0 Å². The number of carbonyl (C=O) groups is 4. The van der Waals surface area contributed by atoms with Gasteiger partial charge in [-0.25, -0.2) is 0 Å². The largest absolute Gasteiger partial charge is 0.480 e. The number of carbonyl (C=O) groups excluding carboxylic acids is 2. The van der Waals surface area contributed by atoms with Gasteiger partial charge in [0.15, 0.2) is 0 Å². The van der Waals surface area contributed by atoms with Crippen molar-refractivity contribution in [3.8, 4) is 0 Å². The minimum Gasteiger partial charge on any atom is -0.480 e. The van der Waals surface area contributed by atoms with Gasteiger partial charge in [-0.2, -0.15) is 0 Å². The molecule has 0 aromatic carbocycles. The number of nitrogens with one attached hydrogen (secondary N) is 1. The third-order valence-electron chi connectivity index (χ3n) is 2.64. The van der Waals surface area contributed by atoms with Crippen LogP contribution in [-0.2, 0) is 19.2 Å². The Hall–Kier alpha value is -1.80. The monoisotopic (exact) mass is 288 g/mol. The van der Waals surface area contributed by atoms with Crippen LogP contribution in [0.3, 0.4) is 0 Å². The molecule has 20 heavy (non-hydrogen) atoms. The molecule has 0 aliphatic heterocycles. The van der Waals surface area contributed by atoms with Crippen molar-refractivity contribution in [3.05, 3.63) is 0 Å². The predicted octanol–water partition coefficient (Wildman–Crippen LogP) is -0.840. The summed E-state index contributed by atoms with van der Waals surface area (Å²) in [5, 5.41) is 20.1. The molecule has 0 amide bonds. The van der Waals surface area contributed by atoms with Crippen molar-refractivity contribution >= 4 is 23.5 Å². The summed E-state index contributed by atoms with van der Waals surface area (Å²) in [6, 6.07) is -2.61. The highest BCUT2D eigenvalue weighted by atomic mass is 16.4. The van der Waals surface area contributed by atoms with Crippen molar-refractivity contribution < 1.29 is 29.4 Å². The molecule has 5 N–H and O–H groups in total. The molecule has 0 fully saturated rings. The molecular weight excluding hydrogens is 268 g/mol. The van der Waals surface area contributed by atoms with Gasteiger partial charge in [0, 0.05) is 12.8 Å². The fraction of sp³-hybridized carbons (Fsp3) is 0.667. The summed E-state index contributed by atoms with van der Waals surface area (Å²) in [6.07, 6.45) is 0.467. The van der Waals surface area contributed by atoms with Crippen LogP contribution in [0.5, 0.6) is 0 Å². The van der Waals surface area contributed by atoms with E-state index in [4.69, 9.17) is 15.9 Å². The minimum absolute atomic E-state index is 0.420. The van der Waals surface area contributed by atoms with Gasteiger partial charge in [0.2, 0.25) is 11.6 Å². The normalized spacial score (nSPS) is 13.5. The van der Waals surface area contributed by atoms with Crippen LogP contribution in [0.25, 0.3) is 0 Å². The molecule has 0 aliphatic carbocycles. The third kappa shape index (κ3) is 6.95. The highest BCUT2D eigenvalue weighted by Crippen LogP contribution is 2.00. The molecule has 2 unspecified atom stereocenters. The fourth-order valence-corrected chi connectivity index (χ4v) is 1.40. The maximum Gasteiger partial charge on any atom is 0.321 e. The lowest BCUT2D eigenvalue weighted by atomic mass is 10.0. The summed E-state index contributed by atoms with van der Waals surface area (Å²) in [7, 11) is 0. The van der Waals surface area contributed by atoms with Crippen molar-refractivity contribution in [2.75, 3.05) is 6.54 Å². The molecule has 0 rings (SSSR count). The Morgan fingerprint density at radius 2 is 1.60 bits per heavy atom. The molecule has 0 aromatic heterocycles. The van der Waals surface area contributed by atoms with Crippen LogP contribution in [0.15, 0.2) is 0 Å². The van der Waals surface area contributed by atoms with Gasteiger partial charge in [-0.05, 0) is 13.0 Å². The van der Waals surface area contributed by atoms with Gasteiger partial charge in [-0.3, -0.25) is 19.2 Å². The lowest BCUT2D eigenvalue weighted by molar-refractivity contribution is -0.145. The molecular formula is C12H20N2O6. The summed E-state index contributed by atoms with van der Waals surface area (Å²) in [5.41, 5.74) is 5.14. The van der Waals surface area contributed by atoms with Gasteiger partial charge in [-0.1, -0.05) is 13.3 Å². The lowest BCUT2D eigenvalue weighted by Gasteiger charge is -2.13. The quantitative estimate of drug-likeness (QED) is 0.284. The summed E-state index contributed by atoms with van der Waals surface area (Å²) >= 11 is 0. The first kappa shape index (κ1) is 18.2. The van der Waals surface area contributed by atoms with Crippen molar-refractivity contribution in [1.29, 1.82) is 0 Å². The molecule has 0 aliphatic rings. The number of Topliss-reactive ketones (excluding diaryl/α,β-unsaturated/α-hetero) is 2. The third-order valence-corrected chi connectivity index (χ3v) is 2.64. The summed E-state index contributed by atoms with van der Waals surface area (Å²) in [4.78, 5) is 44.4. The Bertz CT molecular complexity index is 382. The van der Waals surface area contributed by atoms with Crippen LogP contribution in [0.4, 0.5) is 0 Å².